The maximum Gasteiger partial charge on any atom is 0.158 e. The molecule has 2 fully saturated rings. The lowest BCUT2D eigenvalue weighted by Gasteiger charge is -2.37. The lowest BCUT2D eigenvalue weighted by atomic mass is 9.83. The van der Waals surface area contributed by atoms with E-state index in [-0.39, 0.29) is 0 Å². The number of fused-ring (bicyclic) bond motifs is 2. The first-order chi connectivity index (χ1) is 17.5. The maximum atomic E-state index is 9.76. The first-order valence-corrected chi connectivity index (χ1v) is 13.6. The van der Waals surface area contributed by atoms with Gasteiger partial charge in [0.15, 0.2) is 5.65 Å². The number of rotatable bonds is 5. The molecule has 2 N–H and O–H groups in total. The van der Waals surface area contributed by atoms with Crippen molar-refractivity contribution in [3.05, 3.63) is 47.0 Å². The van der Waals surface area contributed by atoms with Crippen LogP contribution in [0, 0.1) is 13.8 Å². The molecule has 0 bridgehead atoms. The minimum absolute atomic E-state index is 0.300. The Kier molecular flexibility index (Phi) is 6.08. The van der Waals surface area contributed by atoms with Gasteiger partial charge in [-0.3, -0.25) is 9.88 Å². The molecule has 36 heavy (non-hydrogen) atoms. The number of H-pyrrole nitrogens is 1. The lowest BCUT2D eigenvalue weighted by molar-refractivity contribution is 0.0942. The van der Waals surface area contributed by atoms with Crippen molar-refractivity contribution >= 4 is 16.7 Å². The zero-order valence-corrected chi connectivity index (χ0v) is 22.0. The fourth-order valence-corrected chi connectivity index (χ4v) is 6.79. The number of aliphatic hydroxyl groups is 1. The normalized spacial score (nSPS) is 23.4. The second kappa shape index (κ2) is 9.27. The number of pyridine rings is 2. The molecule has 4 aromatic rings. The van der Waals surface area contributed by atoms with Gasteiger partial charge in [0.05, 0.1) is 23.3 Å². The molecule has 1 saturated heterocycles. The quantitative estimate of drug-likeness (QED) is 0.389. The average molecular weight is 487 g/mol. The summed E-state index contributed by atoms with van der Waals surface area (Å²) in [7, 11) is 0. The van der Waals surface area contributed by atoms with E-state index in [2.05, 4.69) is 66.0 Å². The summed E-state index contributed by atoms with van der Waals surface area (Å²) in [5, 5.41) is 14.2. The Hall–Kier alpha value is -2.77. The summed E-state index contributed by atoms with van der Waals surface area (Å²) >= 11 is 0. The van der Waals surface area contributed by atoms with Gasteiger partial charge in [0.25, 0.3) is 0 Å². The summed E-state index contributed by atoms with van der Waals surface area (Å²) in [4.78, 5) is 16.0. The molecule has 0 aromatic carbocycles. The average Bonchev–Trinajstić information content (AvgIpc) is 3.63. The zero-order chi connectivity index (χ0) is 25.0. The number of nitrogens with one attached hydrogen (secondary N) is 1. The summed E-state index contributed by atoms with van der Waals surface area (Å²) in [5.41, 5.74) is 10.3. The van der Waals surface area contributed by atoms with Crippen molar-refractivity contribution in [3.63, 3.8) is 0 Å². The standard InChI is InChI=1S/C29H38N6O/c1-17(2)26-27(23-14-35-29(30-16-31-35)19(4)18(23)3)33-25-12-11-24(32-28(25)26)20-7-9-21(10-8-20)34-13-5-6-22(34)15-36/h11-12,14,16-17,20-22,33,36H,5-10,13,15H2,1-4H3/t20?,21?,22-/m0/s1. The Morgan fingerprint density at radius 3 is 2.64 bits per heavy atom. The smallest absolute Gasteiger partial charge is 0.158 e. The van der Waals surface area contributed by atoms with Gasteiger partial charge in [0.2, 0.25) is 0 Å². The first-order valence-electron chi connectivity index (χ1n) is 13.6. The van der Waals surface area contributed by atoms with E-state index in [1.165, 1.54) is 54.5 Å². The van der Waals surface area contributed by atoms with Gasteiger partial charge in [0, 0.05) is 41.0 Å². The van der Waals surface area contributed by atoms with E-state index in [0.717, 1.165) is 40.9 Å². The van der Waals surface area contributed by atoms with E-state index in [1.54, 1.807) is 6.33 Å². The van der Waals surface area contributed by atoms with E-state index >= 15 is 0 Å². The van der Waals surface area contributed by atoms with Crippen LogP contribution in [0.2, 0.25) is 0 Å². The molecule has 190 valence electrons. The summed E-state index contributed by atoms with van der Waals surface area (Å²) < 4.78 is 1.88. The van der Waals surface area contributed by atoms with Crippen LogP contribution in [0.25, 0.3) is 27.9 Å². The highest BCUT2D eigenvalue weighted by Crippen LogP contribution is 2.40. The van der Waals surface area contributed by atoms with Gasteiger partial charge in [0.1, 0.15) is 6.33 Å². The third-order valence-electron chi connectivity index (χ3n) is 8.89. The third-order valence-corrected chi connectivity index (χ3v) is 8.89. The number of likely N-dealkylation sites (tertiary alicyclic amines) is 1. The van der Waals surface area contributed by atoms with Crippen molar-refractivity contribution in [2.75, 3.05) is 13.2 Å². The monoisotopic (exact) mass is 486 g/mol. The first kappa shape index (κ1) is 23.6. The molecule has 7 nitrogen and oxygen atoms in total. The molecule has 5 heterocycles. The van der Waals surface area contributed by atoms with Crippen molar-refractivity contribution < 1.29 is 5.11 Å². The van der Waals surface area contributed by atoms with E-state index in [9.17, 15) is 5.11 Å². The van der Waals surface area contributed by atoms with Crippen molar-refractivity contribution in [1.29, 1.82) is 0 Å². The molecule has 0 amide bonds. The number of hydrogen-bond acceptors (Lipinski definition) is 5. The Bertz CT molecular complexity index is 1390. The molecule has 4 aromatic heterocycles. The number of aliphatic hydroxyl groups excluding tert-OH is 1. The van der Waals surface area contributed by atoms with E-state index < -0.39 is 0 Å². The summed E-state index contributed by atoms with van der Waals surface area (Å²) in [6.07, 6.45) is 10.8. The van der Waals surface area contributed by atoms with Crippen molar-refractivity contribution in [2.45, 2.75) is 90.1 Å². The molecular weight excluding hydrogens is 448 g/mol. The molecule has 7 heteroatoms. The minimum atomic E-state index is 0.300. The van der Waals surface area contributed by atoms with Gasteiger partial charge in [-0.05, 0) is 88.1 Å². The van der Waals surface area contributed by atoms with Crippen LogP contribution < -0.4 is 0 Å². The summed E-state index contributed by atoms with van der Waals surface area (Å²) in [6.45, 7) is 10.3. The highest BCUT2D eigenvalue weighted by molar-refractivity contribution is 5.89. The lowest BCUT2D eigenvalue weighted by Crippen LogP contribution is -2.42. The third kappa shape index (κ3) is 3.84. The SMILES string of the molecule is Cc1c(-c2[nH]c3ccc(C4CCC(N5CCC[C@H]5CO)CC4)nc3c2C(C)C)cn2ncnc2c1C. The second-order valence-corrected chi connectivity index (χ2v) is 11.2. The van der Waals surface area contributed by atoms with Crippen LogP contribution in [0.4, 0.5) is 0 Å². The fraction of sp³-hybridized carbons (Fsp3) is 0.552. The van der Waals surface area contributed by atoms with Crippen LogP contribution in [0.15, 0.2) is 24.7 Å². The molecule has 1 saturated carbocycles. The molecule has 1 aliphatic heterocycles. The number of aromatic nitrogens is 5. The molecule has 1 atom stereocenters. The van der Waals surface area contributed by atoms with E-state index in [4.69, 9.17) is 4.98 Å². The van der Waals surface area contributed by atoms with Crippen molar-refractivity contribution in [3.8, 4) is 11.3 Å². The van der Waals surface area contributed by atoms with Gasteiger partial charge < -0.3 is 10.1 Å². The number of aromatic amines is 1. The van der Waals surface area contributed by atoms with Gasteiger partial charge in [-0.15, -0.1) is 0 Å². The van der Waals surface area contributed by atoms with Crippen LogP contribution in [0.1, 0.15) is 86.6 Å². The number of nitrogens with zero attached hydrogens (tertiary/aromatic N) is 5. The molecule has 0 unspecified atom stereocenters. The number of aryl methyl sites for hydroxylation is 1. The molecule has 0 radical (unpaired) electrons. The van der Waals surface area contributed by atoms with Gasteiger partial charge in [-0.25, -0.2) is 9.50 Å². The van der Waals surface area contributed by atoms with Crippen LogP contribution in [-0.2, 0) is 0 Å². The molecule has 2 aliphatic rings. The van der Waals surface area contributed by atoms with Crippen LogP contribution in [-0.4, -0.2) is 59.8 Å². The van der Waals surface area contributed by atoms with Crippen molar-refractivity contribution in [1.82, 2.24) is 29.5 Å². The molecular formula is C29H38N6O. The Morgan fingerprint density at radius 1 is 1.08 bits per heavy atom. The number of hydrogen-bond donors (Lipinski definition) is 2. The Balaban J connectivity index is 1.33. The molecule has 6 rings (SSSR count). The van der Waals surface area contributed by atoms with Gasteiger partial charge >= 0.3 is 0 Å². The largest absolute Gasteiger partial charge is 0.395 e. The fourth-order valence-electron chi connectivity index (χ4n) is 6.79. The molecule has 0 spiro atoms. The highest BCUT2D eigenvalue weighted by atomic mass is 16.3. The zero-order valence-electron chi connectivity index (χ0n) is 22.0. The van der Waals surface area contributed by atoms with Gasteiger partial charge in [-0.1, -0.05) is 13.8 Å². The highest BCUT2D eigenvalue weighted by Gasteiger charge is 2.33. The maximum absolute atomic E-state index is 9.76. The molecule has 1 aliphatic carbocycles. The van der Waals surface area contributed by atoms with Crippen LogP contribution in [0.5, 0.6) is 0 Å². The predicted octanol–water partition coefficient (Wildman–Crippen LogP) is 5.50. The van der Waals surface area contributed by atoms with Crippen molar-refractivity contribution in [2.24, 2.45) is 0 Å². The van der Waals surface area contributed by atoms with Crippen LogP contribution in [0.3, 0.4) is 0 Å². The predicted molar refractivity (Wildman–Crippen MR) is 143 cm³/mol. The van der Waals surface area contributed by atoms with Crippen LogP contribution >= 0.6 is 0 Å². The van der Waals surface area contributed by atoms with E-state index in [0.29, 0.717) is 30.5 Å². The second-order valence-electron chi connectivity index (χ2n) is 11.2. The van der Waals surface area contributed by atoms with Gasteiger partial charge in [-0.2, -0.15) is 5.10 Å². The Labute approximate surface area is 213 Å². The summed E-state index contributed by atoms with van der Waals surface area (Å²) in [6, 6.07) is 5.46. The minimum Gasteiger partial charge on any atom is -0.395 e. The Morgan fingerprint density at radius 2 is 1.89 bits per heavy atom. The van der Waals surface area contributed by atoms with E-state index in [1.807, 2.05) is 4.52 Å². The summed E-state index contributed by atoms with van der Waals surface area (Å²) in [5.74, 6) is 0.846. The topological polar surface area (TPSA) is 82.3 Å².